The van der Waals surface area contributed by atoms with E-state index in [2.05, 4.69) is 26.0 Å². The number of carboxylic acids is 1. The topological polar surface area (TPSA) is 240 Å². The van der Waals surface area contributed by atoms with Crippen LogP contribution in [0.1, 0.15) is 168 Å². The van der Waals surface area contributed by atoms with E-state index >= 15 is 0 Å². The predicted octanol–water partition coefficient (Wildman–Crippen LogP) is 5.00. The van der Waals surface area contributed by atoms with E-state index < -0.39 is 24.3 Å². The summed E-state index contributed by atoms with van der Waals surface area (Å²) >= 11 is 0. The molecule has 0 aromatic rings. The summed E-state index contributed by atoms with van der Waals surface area (Å²) in [5, 5.41) is 89.1. The summed E-state index contributed by atoms with van der Waals surface area (Å²) in [6.45, 7) is 2.70. The molecule has 0 unspecified atom stereocenters. The normalized spacial score (nSPS) is 10.6. The third-order valence-electron chi connectivity index (χ3n) is 7.43. The molecule has 0 aliphatic heterocycles. The second kappa shape index (κ2) is 58.1. The Morgan fingerprint density at radius 1 is 0.412 bits per heavy atom. The van der Waals surface area contributed by atoms with Crippen LogP contribution in [0.15, 0.2) is 12.2 Å². The summed E-state index contributed by atoms with van der Waals surface area (Å²) < 4.78 is 0. The van der Waals surface area contributed by atoms with Crippen LogP contribution in [0.3, 0.4) is 0 Å². The first kappa shape index (κ1) is 59.1. The molecule has 11 N–H and O–H groups in total. The summed E-state index contributed by atoms with van der Waals surface area (Å²) in [4.78, 5) is 10.3. The average molecular weight is 745 g/mol. The summed E-state index contributed by atoms with van der Waals surface area (Å²) in [6, 6.07) is 0. The van der Waals surface area contributed by atoms with Crippen molar-refractivity contribution < 1.29 is 61.0 Å². The number of hydrogen-bond acceptors (Lipinski definition) is 11. The highest BCUT2D eigenvalue weighted by molar-refractivity contribution is 5.66. The van der Waals surface area contributed by atoms with Crippen molar-refractivity contribution >= 4 is 5.97 Å². The van der Waals surface area contributed by atoms with Crippen LogP contribution >= 0.6 is 0 Å². The van der Waals surface area contributed by atoms with Crippen LogP contribution in [0.25, 0.3) is 0 Å². The smallest absolute Gasteiger partial charge is 0.303 e. The molecule has 51 heavy (non-hydrogen) atoms. The van der Waals surface area contributed by atoms with E-state index in [1.807, 2.05) is 0 Å². The van der Waals surface area contributed by atoms with Gasteiger partial charge in [-0.15, -0.1) is 0 Å². The van der Waals surface area contributed by atoms with Gasteiger partial charge in [-0.3, -0.25) is 4.79 Å². The molecule has 312 valence electrons. The van der Waals surface area contributed by atoms with Gasteiger partial charge in [0.05, 0.1) is 39.6 Å². The fourth-order valence-electron chi connectivity index (χ4n) is 4.12. The number of aliphatic hydroxyl groups excluding tert-OH is 10. The summed E-state index contributed by atoms with van der Waals surface area (Å²) in [5.74, 6) is -0.664. The van der Waals surface area contributed by atoms with Crippen molar-refractivity contribution in [2.45, 2.75) is 186 Å². The lowest BCUT2D eigenvalue weighted by Gasteiger charge is -2.00. The number of hydrogen-bond donors (Lipinski definition) is 11. The number of aliphatic carboxylic acids is 1. The number of carboxylic acid groups (broad SMARTS) is 1. The molecule has 0 atom stereocenters. The first-order chi connectivity index (χ1) is 24.6. The first-order valence-electron chi connectivity index (χ1n) is 19.8. The van der Waals surface area contributed by atoms with Crippen molar-refractivity contribution in [2.24, 2.45) is 0 Å². The number of unbranched alkanes of at least 4 members (excludes halogenated alkanes) is 20. The second-order valence-corrected chi connectivity index (χ2v) is 12.7. The van der Waals surface area contributed by atoms with Gasteiger partial charge in [-0.05, 0) is 38.5 Å². The Morgan fingerprint density at radius 2 is 0.667 bits per heavy atom. The van der Waals surface area contributed by atoms with Crippen LogP contribution in [0, 0.1) is 0 Å². The minimum absolute atomic E-state index is 0.332. The lowest BCUT2D eigenvalue weighted by Crippen LogP contribution is -2.15. The van der Waals surface area contributed by atoms with Crippen LogP contribution in [0.4, 0.5) is 0 Å². The van der Waals surface area contributed by atoms with E-state index in [1.54, 1.807) is 0 Å². The van der Waals surface area contributed by atoms with Crippen molar-refractivity contribution in [1.82, 2.24) is 0 Å². The molecular weight excluding hydrogens is 660 g/mol. The summed E-state index contributed by atoms with van der Waals surface area (Å²) in [7, 11) is 0. The van der Waals surface area contributed by atoms with Crippen molar-refractivity contribution in [3.63, 3.8) is 0 Å². The van der Waals surface area contributed by atoms with Gasteiger partial charge in [0.25, 0.3) is 0 Å². The van der Waals surface area contributed by atoms with Crippen LogP contribution in [-0.2, 0) is 4.79 Å². The SMILES string of the molecule is CCCCCCCC/C=C\CCCCCCCC(=O)O.CCCCCCCCCCCCO.OCC(O)CO.OCC(O)CO.OCC(O)CO. The Labute approximate surface area is 311 Å². The van der Waals surface area contributed by atoms with Crippen molar-refractivity contribution in [3.05, 3.63) is 12.2 Å². The van der Waals surface area contributed by atoms with Crippen LogP contribution in [0.5, 0.6) is 0 Å². The third kappa shape index (κ3) is 74.8. The number of allylic oxidation sites excluding steroid dienone is 2. The molecular formula is C39H84O12. The Hall–Kier alpha value is -1.19. The molecule has 0 aromatic carbocycles. The number of carbonyl (C=O) groups is 1. The van der Waals surface area contributed by atoms with Gasteiger partial charge in [0.1, 0.15) is 18.3 Å². The molecule has 12 heteroatoms. The van der Waals surface area contributed by atoms with Crippen molar-refractivity contribution in [2.75, 3.05) is 46.2 Å². The Kier molecular flexibility index (Phi) is 67.4. The quantitative estimate of drug-likeness (QED) is 0.0332. The van der Waals surface area contributed by atoms with E-state index in [-0.39, 0.29) is 39.6 Å². The molecule has 0 bridgehead atoms. The van der Waals surface area contributed by atoms with Gasteiger partial charge in [-0.2, -0.15) is 0 Å². The molecule has 0 aliphatic carbocycles. The van der Waals surface area contributed by atoms with E-state index in [9.17, 15) is 4.79 Å². The van der Waals surface area contributed by atoms with Gasteiger partial charge in [0.2, 0.25) is 0 Å². The van der Waals surface area contributed by atoms with Crippen LogP contribution < -0.4 is 0 Å². The highest BCUT2D eigenvalue weighted by Gasteiger charge is 1.97. The van der Waals surface area contributed by atoms with E-state index in [0.29, 0.717) is 13.0 Å². The van der Waals surface area contributed by atoms with Crippen LogP contribution in [-0.4, -0.2) is 127 Å². The standard InChI is InChI=1S/C18H34O2.C12H26O.3C3H8O3/c1-2-3-4-5-6-7-8-9-10-11-12-13-14-15-16-17-18(19)20;1-2-3-4-5-6-7-8-9-10-11-12-13;3*4-1-3(6)2-5/h9-10H,2-8,11-17H2,1H3,(H,19,20);13H,2-12H2,1H3;3*3-6H,1-2H2/b10-9-;;;;. The molecule has 0 saturated carbocycles. The molecule has 0 aromatic heterocycles. The fourth-order valence-corrected chi connectivity index (χ4v) is 4.12. The van der Waals surface area contributed by atoms with Crippen molar-refractivity contribution in [3.8, 4) is 0 Å². The Morgan fingerprint density at radius 3 is 0.902 bits per heavy atom. The minimum Gasteiger partial charge on any atom is -0.481 e. The highest BCUT2D eigenvalue weighted by atomic mass is 16.4. The molecule has 0 radical (unpaired) electrons. The van der Waals surface area contributed by atoms with Crippen LogP contribution in [0.2, 0.25) is 0 Å². The van der Waals surface area contributed by atoms with Gasteiger partial charge < -0.3 is 56.2 Å². The largest absolute Gasteiger partial charge is 0.481 e. The fraction of sp³-hybridized carbons (Fsp3) is 0.923. The van der Waals surface area contributed by atoms with E-state index in [1.165, 1.54) is 128 Å². The lowest BCUT2D eigenvalue weighted by molar-refractivity contribution is -0.137. The summed E-state index contributed by atoms with van der Waals surface area (Å²) in [5.41, 5.74) is 0. The maximum atomic E-state index is 10.3. The lowest BCUT2D eigenvalue weighted by atomic mass is 10.1. The predicted molar refractivity (Wildman–Crippen MR) is 207 cm³/mol. The molecule has 0 heterocycles. The highest BCUT2D eigenvalue weighted by Crippen LogP contribution is 2.11. The maximum Gasteiger partial charge on any atom is 0.303 e. The Balaban J connectivity index is -0.000000194. The molecule has 0 aliphatic rings. The van der Waals surface area contributed by atoms with E-state index in [0.717, 1.165) is 19.3 Å². The monoisotopic (exact) mass is 745 g/mol. The third-order valence-corrected chi connectivity index (χ3v) is 7.43. The Bertz CT molecular complexity index is 565. The molecule has 0 amide bonds. The van der Waals surface area contributed by atoms with Gasteiger partial charge >= 0.3 is 5.97 Å². The molecule has 0 spiro atoms. The molecule has 0 saturated heterocycles. The second-order valence-electron chi connectivity index (χ2n) is 12.7. The first-order valence-corrected chi connectivity index (χ1v) is 19.8. The van der Waals surface area contributed by atoms with Gasteiger partial charge in [0.15, 0.2) is 0 Å². The zero-order valence-electron chi connectivity index (χ0n) is 32.6. The number of rotatable bonds is 31. The molecule has 12 nitrogen and oxygen atoms in total. The molecule has 0 fully saturated rings. The van der Waals surface area contributed by atoms with Gasteiger partial charge in [0, 0.05) is 13.0 Å². The summed E-state index contributed by atoms with van der Waals surface area (Å²) in [6.07, 6.45) is 31.7. The van der Waals surface area contributed by atoms with Gasteiger partial charge in [-0.1, -0.05) is 135 Å². The zero-order valence-corrected chi connectivity index (χ0v) is 32.6. The average Bonchev–Trinajstić information content (AvgIpc) is 3.15. The van der Waals surface area contributed by atoms with E-state index in [4.69, 9.17) is 56.2 Å². The zero-order chi connectivity index (χ0) is 39.6. The maximum absolute atomic E-state index is 10.3. The van der Waals surface area contributed by atoms with Gasteiger partial charge in [-0.25, -0.2) is 0 Å². The minimum atomic E-state index is -0.954. The van der Waals surface area contributed by atoms with Crippen molar-refractivity contribution in [1.29, 1.82) is 0 Å². The number of aliphatic hydroxyl groups is 10. The molecule has 0 rings (SSSR count).